The number of hydrogen-bond donors (Lipinski definition) is 0. The van der Waals surface area contributed by atoms with Gasteiger partial charge in [-0.3, -0.25) is 0 Å². The monoisotopic (exact) mass is 155 g/mol. The summed E-state index contributed by atoms with van der Waals surface area (Å²) in [5.74, 6) is 0.584. The summed E-state index contributed by atoms with van der Waals surface area (Å²) in [6.45, 7) is 5.02. The lowest BCUT2D eigenvalue weighted by Gasteiger charge is -2.02. The van der Waals surface area contributed by atoms with Gasteiger partial charge in [0.25, 0.3) is 0 Å². The van der Waals surface area contributed by atoms with Gasteiger partial charge in [-0.25, -0.2) is 0 Å². The molecule has 0 aliphatic heterocycles. The van der Waals surface area contributed by atoms with Gasteiger partial charge in [-0.2, -0.15) is 0 Å². The normalized spacial score (nSPS) is 17.5. The molecule has 1 aliphatic rings. The highest BCUT2D eigenvalue weighted by molar-refractivity contribution is 5.85. The maximum Gasteiger partial charge on any atom is 0.119 e. The van der Waals surface area contributed by atoms with Crippen molar-refractivity contribution in [3.8, 4) is 0 Å². The van der Waals surface area contributed by atoms with Crippen molar-refractivity contribution >= 4 is 5.71 Å². The van der Waals surface area contributed by atoms with E-state index < -0.39 is 0 Å². The van der Waals surface area contributed by atoms with E-state index in [0.717, 1.165) is 19.4 Å². The number of oxime groups is 1. The highest BCUT2D eigenvalue weighted by Crippen LogP contribution is 2.14. The molecule has 0 N–H and O–H groups in total. The second-order valence-corrected chi connectivity index (χ2v) is 3.55. The SMILES string of the molecule is CC(C)CON=C1CCCC1. The van der Waals surface area contributed by atoms with Gasteiger partial charge in [0, 0.05) is 0 Å². The molecule has 0 spiro atoms. The fraction of sp³-hybridized carbons (Fsp3) is 0.889. The molecule has 0 unspecified atom stereocenters. The Balaban J connectivity index is 2.13. The van der Waals surface area contributed by atoms with E-state index in [2.05, 4.69) is 19.0 Å². The van der Waals surface area contributed by atoms with Crippen LogP contribution in [0.1, 0.15) is 39.5 Å². The molecule has 64 valence electrons. The number of rotatable bonds is 3. The smallest absolute Gasteiger partial charge is 0.119 e. The van der Waals surface area contributed by atoms with E-state index in [9.17, 15) is 0 Å². The van der Waals surface area contributed by atoms with Crippen LogP contribution in [0.4, 0.5) is 0 Å². The molecule has 0 aromatic carbocycles. The Hall–Kier alpha value is -0.530. The molecule has 0 heterocycles. The van der Waals surface area contributed by atoms with Gasteiger partial charge >= 0.3 is 0 Å². The van der Waals surface area contributed by atoms with Crippen LogP contribution in [0.25, 0.3) is 0 Å². The molecule has 1 fully saturated rings. The summed E-state index contributed by atoms with van der Waals surface area (Å²) in [5.41, 5.74) is 1.26. The molecule has 0 radical (unpaired) electrons. The first kappa shape index (κ1) is 8.57. The molecule has 0 amide bonds. The van der Waals surface area contributed by atoms with Gasteiger partial charge in [0.15, 0.2) is 0 Å². The highest BCUT2D eigenvalue weighted by atomic mass is 16.6. The molecule has 1 saturated carbocycles. The fourth-order valence-electron chi connectivity index (χ4n) is 1.15. The zero-order valence-corrected chi connectivity index (χ0v) is 7.47. The Morgan fingerprint density at radius 1 is 1.36 bits per heavy atom. The zero-order chi connectivity index (χ0) is 8.10. The maximum atomic E-state index is 5.17. The van der Waals surface area contributed by atoms with Crippen LogP contribution < -0.4 is 0 Å². The minimum absolute atomic E-state index is 0.584. The molecule has 0 aromatic rings. The van der Waals surface area contributed by atoms with Gasteiger partial charge in [-0.15, -0.1) is 0 Å². The van der Waals surface area contributed by atoms with Crippen molar-refractivity contribution < 1.29 is 4.84 Å². The molecular weight excluding hydrogens is 138 g/mol. The van der Waals surface area contributed by atoms with Gasteiger partial charge in [0.1, 0.15) is 6.61 Å². The topological polar surface area (TPSA) is 21.6 Å². The molecule has 0 saturated heterocycles. The van der Waals surface area contributed by atoms with Crippen molar-refractivity contribution in [3.63, 3.8) is 0 Å². The van der Waals surface area contributed by atoms with Crippen molar-refractivity contribution in [2.75, 3.05) is 6.61 Å². The van der Waals surface area contributed by atoms with Crippen LogP contribution in [0, 0.1) is 5.92 Å². The molecule has 11 heavy (non-hydrogen) atoms. The largest absolute Gasteiger partial charge is 0.396 e. The fourth-order valence-corrected chi connectivity index (χ4v) is 1.15. The van der Waals surface area contributed by atoms with Crippen LogP contribution in [-0.4, -0.2) is 12.3 Å². The minimum atomic E-state index is 0.584. The van der Waals surface area contributed by atoms with Crippen molar-refractivity contribution in [1.82, 2.24) is 0 Å². The first-order chi connectivity index (χ1) is 5.29. The number of hydrogen-bond acceptors (Lipinski definition) is 2. The Kier molecular flexibility index (Phi) is 3.40. The number of nitrogens with zero attached hydrogens (tertiary/aromatic N) is 1. The van der Waals surface area contributed by atoms with Crippen molar-refractivity contribution in [2.45, 2.75) is 39.5 Å². The summed E-state index contributed by atoms with van der Waals surface area (Å²) in [5, 5.41) is 4.08. The lowest BCUT2D eigenvalue weighted by Crippen LogP contribution is -1.99. The summed E-state index contributed by atoms with van der Waals surface area (Å²) < 4.78 is 0. The van der Waals surface area contributed by atoms with Crippen LogP contribution in [-0.2, 0) is 4.84 Å². The summed E-state index contributed by atoms with van der Waals surface area (Å²) in [6.07, 6.45) is 4.89. The van der Waals surface area contributed by atoms with Crippen LogP contribution in [0.3, 0.4) is 0 Å². The van der Waals surface area contributed by atoms with E-state index in [0.29, 0.717) is 5.92 Å². The lowest BCUT2D eigenvalue weighted by atomic mass is 10.2. The Labute approximate surface area is 68.6 Å². The molecule has 0 aromatic heterocycles. The van der Waals surface area contributed by atoms with Crippen LogP contribution in [0.15, 0.2) is 5.16 Å². The molecule has 2 nitrogen and oxygen atoms in total. The summed E-state index contributed by atoms with van der Waals surface area (Å²) >= 11 is 0. The average molecular weight is 155 g/mol. The predicted octanol–water partition coefficient (Wildman–Crippen LogP) is 2.59. The molecule has 1 aliphatic carbocycles. The second-order valence-electron chi connectivity index (χ2n) is 3.55. The van der Waals surface area contributed by atoms with Gasteiger partial charge < -0.3 is 4.84 Å². The second kappa shape index (κ2) is 4.37. The van der Waals surface area contributed by atoms with Crippen LogP contribution >= 0.6 is 0 Å². The minimum Gasteiger partial charge on any atom is -0.396 e. The van der Waals surface area contributed by atoms with Crippen molar-refractivity contribution in [2.24, 2.45) is 11.1 Å². The van der Waals surface area contributed by atoms with E-state index in [-0.39, 0.29) is 0 Å². The third kappa shape index (κ3) is 3.40. The standard InChI is InChI=1S/C9H17NO/c1-8(2)7-11-10-9-5-3-4-6-9/h8H,3-7H2,1-2H3. The van der Waals surface area contributed by atoms with Gasteiger partial charge in [-0.1, -0.05) is 19.0 Å². The molecule has 0 bridgehead atoms. The molecule has 2 heteroatoms. The molecule has 1 rings (SSSR count). The van der Waals surface area contributed by atoms with Crippen molar-refractivity contribution in [1.29, 1.82) is 0 Å². The van der Waals surface area contributed by atoms with Crippen LogP contribution in [0.2, 0.25) is 0 Å². The third-order valence-electron chi connectivity index (χ3n) is 1.78. The highest BCUT2D eigenvalue weighted by Gasteiger charge is 2.08. The third-order valence-corrected chi connectivity index (χ3v) is 1.78. The van der Waals surface area contributed by atoms with Crippen molar-refractivity contribution in [3.05, 3.63) is 0 Å². The first-order valence-electron chi connectivity index (χ1n) is 4.46. The maximum absolute atomic E-state index is 5.17. The van der Waals surface area contributed by atoms with E-state index in [1.165, 1.54) is 18.6 Å². The first-order valence-corrected chi connectivity index (χ1v) is 4.46. The Morgan fingerprint density at radius 3 is 2.55 bits per heavy atom. The Bertz CT molecular complexity index is 132. The lowest BCUT2D eigenvalue weighted by molar-refractivity contribution is 0.117. The van der Waals surface area contributed by atoms with Gasteiger partial charge in [0.05, 0.1) is 5.71 Å². The quantitative estimate of drug-likeness (QED) is 0.574. The summed E-state index contributed by atoms with van der Waals surface area (Å²) in [7, 11) is 0. The zero-order valence-electron chi connectivity index (χ0n) is 7.47. The summed E-state index contributed by atoms with van der Waals surface area (Å²) in [4.78, 5) is 5.17. The average Bonchev–Trinajstić information content (AvgIpc) is 2.39. The van der Waals surface area contributed by atoms with E-state index in [1.807, 2.05) is 0 Å². The van der Waals surface area contributed by atoms with E-state index in [1.54, 1.807) is 0 Å². The van der Waals surface area contributed by atoms with E-state index >= 15 is 0 Å². The van der Waals surface area contributed by atoms with Gasteiger partial charge in [0.2, 0.25) is 0 Å². The summed E-state index contributed by atoms with van der Waals surface area (Å²) in [6, 6.07) is 0. The molecular formula is C9H17NO. The molecule has 0 atom stereocenters. The van der Waals surface area contributed by atoms with E-state index in [4.69, 9.17) is 4.84 Å². The predicted molar refractivity (Wildman–Crippen MR) is 46.7 cm³/mol. The van der Waals surface area contributed by atoms with Crippen LogP contribution in [0.5, 0.6) is 0 Å². The Morgan fingerprint density at radius 2 is 2.00 bits per heavy atom. The van der Waals surface area contributed by atoms with Gasteiger partial charge in [-0.05, 0) is 31.6 Å².